The summed E-state index contributed by atoms with van der Waals surface area (Å²) >= 11 is 0. The SMILES string of the molecule is COC(=O)[C@H]1CS(=O)(=O)CCN1C[C@H]1CC=CCC1. The van der Waals surface area contributed by atoms with Crippen LogP contribution in [0.2, 0.25) is 0 Å². The molecule has 19 heavy (non-hydrogen) atoms. The van der Waals surface area contributed by atoms with E-state index in [4.69, 9.17) is 4.74 Å². The summed E-state index contributed by atoms with van der Waals surface area (Å²) in [7, 11) is -1.81. The lowest BCUT2D eigenvalue weighted by atomic mass is 9.93. The van der Waals surface area contributed by atoms with E-state index in [0.29, 0.717) is 12.5 Å². The maximum Gasteiger partial charge on any atom is 0.324 e. The van der Waals surface area contributed by atoms with E-state index in [1.165, 1.54) is 7.11 Å². The second-order valence-electron chi connectivity index (χ2n) is 5.30. The molecule has 1 fully saturated rings. The highest BCUT2D eigenvalue weighted by molar-refractivity contribution is 7.91. The number of nitrogens with zero attached hydrogens (tertiary/aromatic N) is 1. The van der Waals surface area contributed by atoms with Gasteiger partial charge in [-0.25, -0.2) is 8.42 Å². The third-order valence-corrected chi connectivity index (χ3v) is 5.51. The molecule has 0 N–H and O–H groups in total. The highest BCUT2D eigenvalue weighted by atomic mass is 32.2. The van der Waals surface area contributed by atoms with Gasteiger partial charge in [0.1, 0.15) is 6.04 Å². The minimum Gasteiger partial charge on any atom is -0.468 e. The molecule has 1 aliphatic heterocycles. The molecular weight excluding hydrogens is 266 g/mol. The molecule has 0 amide bonds. The van der Waals surface area contributed by atoms with Crippen LogP contribution in [0.1, 0.15) is 19.3 Å². The molecule has 1 heterocycles. The molecule has 108 valence electrons. The van der Waals surface area contributed by atoms with Crippen molar-refractivity contribution in [3.8, 4) is 0 Å². The zero-order valence-corrected chi connectivity index (χ0v) is 12.1. The molecular formula is C13H21NO4S. The van der Waals surface area contributed by atoms with Gasteiger partial charge in [0, 0.05) is 13.1 Å². The minimum absolute atomic E-state index is 0.109. The first-order valence-corrected chi connectivity index (χ1v) is 8.51. The largest absolute Gasteiger partial charge is 0.468 e. The Labute approximate surface area is 114 Å². The number of methoxy groups -OCH3 is 1. The molecule has 2 rings (SSSR count). The van der Waals surface area contributed by atoms with Gasteiger partial charge in [-0.05, 0) is 25.2 Å². The summed E-state index contributed by atoms with van der Waals surface area (Å²) in [6.45, 7) is 1.21. The van der Waals surface area contributed by atoms with Crippen molar-refractivity contribution in [1.29, 1.82) is 0 Å². The van der Waals surface area contributed by atoms with E-state index in [1.807, 2.05) is 4.90 Å². The van der Waals surface area contributed by atoms with Crippen LogP contribution in [-0.4, -0.2) is 57.0 Å². The third-order valence-electron chi connectivity index (χ3n) is 3.89. The Kier molecular flexibility index (Phi) is 4.62. The summed E-state index contributed by atoms with van der Waals surface area (Å²) < 4.78 is 28.1. The Balaban J connectivity index is 2.04. The van der Waals surface area contributed by atoms with Gasteiger partial charge in [0.05, 0.1) is 18.6 Å². The van der Waals surface area contributed by atoms with Crippen molar-refractivity contribution in [2.75, 3.05) is 31.7 Å². The zero-order chi connectivity index (χ0) is 13.9. The number of rotatable bonds is 3. The molecule has 2 atom stereocenters. The van der Waals surface area contributed by atoms with Gasteiger partial charge >= 0.3 is 5.97 Å². The summed E-state index contributed by atoms with van der Waals surface area (Å²) in [6.07, 6.45) is 7.53. The van der Waals surface area contributed by atoms with Crippen LogP contribution in [0, 0.1) is 5.92 Å². The number of hydrogen-bond acceptors (Lipinski definition) is 5. The molecule has 2 aliphatic rings. The van der Waals surface area contributed by atoms with E-state index >= 15 is 0 Å². The maximum atomic E-state index is 11.8. The topological polar surface area (TPSA) is 63.7 Å². The average molecular weight is 287 g/mol. The van der Waals surface area contributed by atoms with Gasteiger partial charge in [-0.2, -0.15) is 0 Å². The summed E-state index contributed by atoms with van der Waals surface area (Å²) in [5, 5.41) is 0. The van der Waals surface area contributed by atoms with Gasteiger partial charge in [0.2, 0.25) is 0 Å². The van der Waals surface area contributed by atoms with Crippen LogP contribution >= 0.6 is 0 Å². The molecule has 5 nitrogen and oxygen atoms in total. The third kappa shape index (κ3) is 3.79. The highest BCUT2D eigenvalue weighted by Gasteiger charge is 2.37. The van der Waals surface area contributed by atoms with Crippen LogP contribution in [-0.2, 0) is 19.4 Å². The van der Waals surface area contributed by atoms with Crippen LogP contribution in [0.3, 0.4) is 0 Å². The molecule has 0 radical (unpaired) electrons. The Morgan fingerprint density at radius 2 is 2.21 bits per heavy atom. The predicted molar refractivity (Wildman–Crippen MR) is 72.5 cm³/mol. The van der Waals surface area contributed by atoms with Crippen molar-refractivity contribution >= 4 is 15.8 Å². The summed E-state index contributed by atoms with van der Waals surface area (Å²) in [5.41, 5.74) is 0. The van der Waals surface area contributed by atoms with Crippen molar-refractivity contribution in [2.24, 2.45) is 5.92 Å². The second-order valence-corrected chi connectivity index (χ2v) is 7.53. The van der Waals surface area contributed by atoms with Gasteiger partial charge in [-0.15, -0.1) is 0 Å². The van der Waals surface area contributed by atoms with Crippen molar-refractivity contribution in [3.05, 3.63) is 12.2 Å². The quantitative estimate of drug-likeness (QED) is 0.562. The summed E-state index contributed by atoms with van der Waals surface area (Å²) in [6, 6.07) is -0.630. The maximum absolute atomic E-state index is 11.8. The van der Waals surface area contributed by atoms with Crippen molar-refractivity contribution in [2.45, 2.75) is 25.3 Å². The van der Waals surface area contributed by atoms with Crippen LogP contribution in [0.4, 0.5) is 0 Å². The van der Waals surface area contributed by atoms with Crippen molar-refractivity contribution in [3.63, 3.8) is 0 Å². The highest BCUT2D eigenvalue weighted by Crippen LogP contribution is 2.22. The number of hydrogen-bond donors (Lipinski definition) is 0. The smallest absolute Gasteiger partial charge is 0.324 e. The molecule has 0 bridgehead atoms. The average Bonchev–Trinajstić information content (AvgIpc) is 2.41. The van der Waals surface area contributed by atoms with Crippen molar-refractivity contribution in [1.82, 2.24) is 4.90 Å². The lowest BCUT2D eigenvalue weighted by Gasteiger charge is -2.36. The molecule has 1 saturated heterocycles. The number of ether oxygens (including phenoxy) is 1. The van der Waals surface area contributed by atoms with Gasteiger partial charge < -0.3 is 4.74 Å². The lowest BCUT2D eigenvalue weighted by molar-refractivity contribution is -0.146. The van der Waals surface area contributed by atoms with Crippen LogP contribution in [0.5, 0.6) is 0 Å². The number of sulfone groups is 1. The summed E-state index contributed by atoms with van der Waals surface area (Å²) in [5.74, 6) is 0.109. The fourth-order valence-corrected chi connectivity index (χ4v) is 4.27. The predicted octanol–water partition coefficient (Wildman–Crippen LogP) is 0.615. The van der Waals surface area contributed by atoms with Crippen LogP contribution in [0.25, 0.3) is 0 Å². The first-order chi connectivity index (χ1) is 9.02. The minimum atomic E-state index is -3.12. The Hall–Kier alpha value is -0.880. The molecule has 0 aromatic heterocycles. The standard InChI is InChI=1S/C13H21NO4S/c1-18-13(15)12-10-19(16,17)8-7-14(12)9-11-5-3-2-4-6-11/h2-3,11-12H,4-10H2,1H3/t11-,12+/m0/s1. The van der Waals surface area contributed by atoms with Gasteiger partial charge in [-0.1, -0.05) is 12.2 Å². The lowest BCUT2D eigenvalue weighted by Crippen LogP contribution is -2.54. The summed E-state index contributed by atoms with van der Waals surface area (Å²) in [4.78, 5) is 13.7. The molecule has 6 heteroatoms. The fourth-order valence-electron chi connectivity index (χ4n) is 2.77. The Morgan fingerprint density at radius 3 is 2.84 bits per heavy atom. The van der Waals surface area contributed by atoms with Crippen LogP contribution < -0.4 is 0 Å². The van der Waals surface area contributed by atoms with Gasteiger partial charge in [-0.3, -0.25) is 9.69 Å². The zero-order valence-electron chi connectivity index (χ0n) is 11.2. The Bertz CT molecular complexity index is 457. The molecule has 0 aromatic carbocycles. The first-order valence-electron chi connectivity index (χ1n) is 6.69. The fraction of sp³-hybridized carbons (Fsp3) is 0.769. The number of carbonyl (C=O) groups excluding carboxylic acids is 1. The van der Waals surface area contributed by atoms with Gasteiger partial charge in [0.15, 0.2) is 9.84 Å². The van der Waals surface area contributed by atoms with E-state index in [9.17, 15) is 13.2 Å². The van der Waals surface area contributed by atoms with Gasteiger partial charge in [0.25, 0.3) is 0 Å². The van der Waals surface area contributed by atoms with E-state index in [1.54, 1.807) is 0 Å². The monoisotopic (exact) mass is 287 g/mol. The molecule has 0 saturated carbocycles. The Morgan fingerprint density at radius 1 is 1.42 bits per heavy atom. The number of carbonyl (C=O) groups is 1. The number of esters is 1. The number of allylic oxidation sites excluding steroid dienone is 2. The normalized spacial score (nSPS) is 31.0. The first kappa shape index (κ1) is 14.5. The van der Waals surface area contributed by atoms with E-state index in [2.05, 4.69) is 12.2 Å². The van der Waals surface area contributed by atoms with Crippen LogP contribution in [0.15, 0.2) is 12.2 Å². The van der Waals surface area contributed by atoms with Crippen molar-refractivity contribution < 1.29 is 17.9 Å². The van der Waals surface area contributed by atoms with E-state index in [-0.39, 0.29) is 11.5 Å². The molecule has 0 aromatic rings. The van der Waals surface area contributed by atoms with E-state index < -0.39 is 21.8 Å². The molecule has 1 aliphatic carbocycles. The molecule has 0 spiro atoms. The van der Waals surface area contributed by atoms with E-state index in [0.717, 1.165) is 25.8 Å². The second kappa shape index (κ2) is 6.05. The molecule has 0 unspecified atom stereocenters.